The molecule has 0 amide bonds. The summed E-state index contributed by atoms with van der Waals surface area (Å²) in [5.41, 5.74) is 0. The van der Waals surface area contributed by atoms with E-state index in [1.807, 2.05) is 24.3 Å². The summed E-state index contributed by atoms with van der Waals surface area (Å²) in [5.74, 6) is 0.289. The first kappa shape index (κ1) is 11.3. The fourth-order valence-electron chi connectivity index (χ4n) is 1.69. The fraction of sp³-hybridized carbons (Fsp3) is 0.154. The molecule has 0 radical (unpaired) electrons. The summed E-state index contributed by atoms with van der Waals surface area (Å²) < 4.78 is 10.5. The second kappa shape index (κ2) is 4.74. The van der Waals surface area contributed by atoms with Gasteiger partial charge < -0.3 is 14.6 Å². The zero-order valence-electron chi connectivity index (χ0n) is 9.34. The van der Waals surface area contributed by atoms with Gasteiger partial charge in [0.15, 0.2) is 6.61 Å². The Morgan fingerprint density at radius 3 is 2.29 bits per heavy atom. The summed E-state index contributed by atoms with van der Waals surface area (Å²) in [4.78, 5) is 10.5. The number of benzene rings is 2. The van der Waals surface area contributed by atoms with E-state index in [0.717, 1.165) is 16.5 Å². The minimum Gasteiger partial charge on any atom is -0.496 e. The van der Waals surface area contributed by atoms with E-state index in [2.05, 4.69) is 0 Å². The van der Waals surface area contributed by atoms with Crippen LogP contribution in [0.1, 0.15) is 0 Å². The Morgan fingerprint density at radius 1 is 1.12 bits per heavy atom. The molecule has 0 aromatic heterocycles. The minimum absolute atomic E-state index is 0.351. The lowest BCUT2D eigenvalue weighted by Gasteiger charge is -2.10. The molecular formula is C13H12O4. The van der Waals surface area contributed by atoms with E-state index in [4.69, 9.17) is 14.6 Å². The van der Waals surface area contributed by atoms with Gasteiger partial charge in [0.1, 0.15) is 11.5 Å². The molecule has 2 aromatic carbocycles. The van der Waals surface area contributed by atoms with Crippen molar-refractivity contribution < 1.29 is 19.4 Å². The fourth-order valence-corrected chi connectivity index (χ4v) is 1.69. The average Bonchev–Trinajstić information content (AvgIpc) is 2.35. The second-order valence-corrected chi connectivity index (χ2v) is 3.49. The van der Waals surface area contributed by atoms with Crippen LogP contribution in [0.2, 0.25) is 0 Å². The van der Waals surface area contributed by atoms with Crippen molar-refractivity contribution in [1.29, 1.82) is 0 Å². The Hall–Kier alpha value is -2.23. The molecule has 0 spiro atoms. The van der Waals surface area contributed by atoms with Crippen molar-refractivity contribution in [1.82, 2.24) is 0 Å². The van der Waals surface area contributed by atoms with Gasteiger partial charge in [-0.1, -0.05) is 24.3 Å². The number of rotatable bonds is 4. The number of hydrogen-bond donors (Lipinski definition) is 1. The molecule has 0 atom stereocenters. The number of methoxy groups -OCH3 is 1. The van der Waals surface area contributed by atoms with Gasteiger partial charge >= 0.3 is 5.97 Å². The van der Waals surface area contributed by atoms with Gasteiger partial charge in [0.2, 0.25) is 0 Å². The number of carbonyl (C=O) groups is 1. The molecule has 2 rings (SSSR count). The highest BCUT2D eigenvalue weighted by Gasteiger charge is 2.07. The zero-order chi connectivity index (χ0) is 12.3. The molecule has 0 unspecified atom stereocenters. The molecule has 0 aliphatic heterocycles. The zero-order valence-corrected chi connectivity index (χ0v) is 9.34. The molecular weight excluding hydrogens is 220 g/mol. The van der Waals surface area contributed by atoms with Crippen LogP contribution in [-0.4, -0.2) is 24.8 Å². The van der Waals surface area contributed by atoms with Crippen molar-refractivity contribution in [2.75, 3.05) is 13.7 Å². The van der Waals surface area contributed by atoms with Crippen LogP contribution in [0.25, 0.3) is 10.8 Å². The molecule has 88 valence electrons. The lowest BCUT2D eigenvalue weighted by Crippen LogP contribution is -2.09. The highest BCUT2D eigenvalue weighted by atomic mass is 16.5. The van der Waals surface area contributed by atoms with E-state index >= 15 is 0 Å². The minimum atomic E-state index is -0.995. The van der Waals surface area contributed by atoms with Crippen LogP contribution < -0.4 is 9.47 Å². The van der Waals surface area contributed by atoms with Crippen LogP contribution in [0.5, 0.6) is 11.5 Å². The number of ether oxygens (including phenoxy) is 2. The Morgan fingerprint density at radius 2 is 1.71 bits per heavy atom. The Labute approximate surface area is 98.4 Å². The van der Waals surface area contributed by atoms with E-state index in [1.165, 1.54) is 0 Å². The van der Waals surface area contributed by atoms with E-state index in [1.54, 1.807) is 19.2 Å². The van der Waals surface area contributed by atoms with Crippen molar-refractivity contribution in [3.05, 3.63) is 36.4 Å². The molecule has 0 fully saturated rings. The number of carboxylic acid groups (broad SMARTS) is 1. The molecule has 0 aliphatic carbocycles. The second-order valence-electron chi connectivity index (χ2n) is 3.49. The normalized spacial score (nSPS) is 10.2. The topological polar surface area (TPSA) is 55.8 Å². The summed E-state index contributed by atoms with van der Waals surface area (Å²) in [7, 11) is 1.60. The third kappa shape index (κ3) is 2.30. The van der Waals surface area contributed by atoms with Gasteiger partial charge in [-0.3, -0.25) is 0 Å². The lowest BCUT2D eigenvalue weighted by atomic mass is 10.1. The van der Waals surface area contributed by atoms with Crippen LogP contribution in [0.4, 0.5) is 0 Å². The number of fused-ring (bicyclic) bond motifs is 1. The van der Waals surface area contributed by atoms with E-state index in [0.29, 0.717) is 5.75 Å². The molecule has 1 N–H and O–H groups in total. The summed E-state index contributed by atoms with van der Waals surface area (Å²) in [5, 5.41) is 10.3. The molecule has 17 heavy (non-hydrogen) atoms. The molecule has 4 heteroatoms. The average molecular weight is 232 g/mol. The summed E-state index contributed by atoms with van der Waals surface area (Å²) in [6.07, 6.45) is 0. The quantitative estimate of drug-likeness (QED) is 0.878. The van der Waals surface area contributed by atoms with Gasteiger partial charge in [0, 0.05) is 10.8 Å². The first-order valence-electron chi connectivity index (χ1n) is 5.12. The van der Waals surface area contributed by atoms with Gasteiger partial charge in [0.05, 0.1) is 7.11 Å². The first-order chi connectivity index (χ1) is 8.22. The molecule has 2 aromatic rings. The molecule has 0 bridgehead atoms. The number of aliphatic carboxylic acids is 1. The predicted molar refractivity (Wildman–Crippen MR) is 63.6 cm³/mol. The molecule has 0 saturated heterocycles. The van der Waals surface area contributed by atoms with Crippen LogP contribution in [0, 0.1) is 0 Å². The number of carboxylic acids is 1. The van der Waals surface area contributed by atoms with Crippen molar-refractivity contribution in [3.63, 3.8) is 0 Å². The predicted octanol–water partition coefficient (Wildman–Crippen LogP) is 2.31. The van der Waals surface area contributed by atoms with Gasteiger partial charge in [-0.05, 0) is 12.1 Å². The van der Waals surface area contributed by atoms with E-state index in [-0.39, 0.29) is 6.61 Å². The molecule has 0 saturated carbocycles. The summed E-state index contributed by atoms with van der Waals surface area (Å²) in [6.45, 7) is -0.351. The molecule has 4 nitrogen and oxygen atoms in total. The van der Waals surface area contributed by atoms with Crippen LogP contribution >= 0.6 is 0 Å². The molecule has 0 heterocycles. The maximum atomic E-state index is 10.5. The van der Waals surface area contributed by atoms with Crippen LogP contribution in [0.3, 0.4) is 0 Å². The van der Waals surface area contributed by atoms with E-state index in [9.17, 15) is 4.79 Å². The highest BCUT2D eigenvalue weighted by Crippen LogP contribution is 2.32. The van der Waals surface area contributed by atoms with Gasteiger partial charge in [-0.15, -0.1) is 0 Å². The maximum absolute atomic E-state index is 10.5. The van der Waals surface area contributed by atoms with Crippen molar-refractivity contribution >= 4 is 16.7 Å². The van der Waals surface area contributed by atoms with Crippen LogP contribution in [0.15, 0.2) is 36.4 Å². The Balaban J connectivity index is 2.47. The standard InChI is InChI=1S/C13H12O4/c1-16-11-6-7-12(17-8-13(14)15)10-5-3-2-4-9(10)11/h2-7H,8H2,1H3,(H,14,15). The first-order valence-corrected chi connectivity index (χ1v) is 5.12. The lowest BCUT2D eigenvalue weighted by molar-refractivity contribution is -0.139. The van der Waals surface area contributed by atoms with Gasteiger partial charge in [-0.2, -0.15) is 0 Å². The smallest absolute Gasteiger partial charge is 0.341 e. The SMILES string of the molecule is COc1ccc(OCC(=O)O)c2ccccc12. The van der Waals surface area contributed by atoms with Gasteiger partial charge in [-0.25, -0.2) is 4.79 Å². The van der Waals surface area contributed by atoms with Crippen molar-refractivity contribution in [2.45, 2.75) is 0 Å². The van der Waals surface area contributed by atoms with Crippen molar-refractivity contribution in [2.24, 2.45) is 0 Å². The Bertz CT molecular complexity index is 548. The van der Waals surface area contributed by atoms with Crippen LogP contribution in [-0.2, 0) is 4.79 Å². The van der Waals surface area contributed by atoms with E-state index < -0.39 is 5.97 Å². The van der Waals surface area contributed by atoms with Gasteiger partial charge in [0.25, 0.3) is 0 Å². The third-order valence-electron chi connectivity index (χ3n) is 2.42. The van der Waals surface area contributed by atoms with Crippen molar-refractivity contribution in [3.8, 4) is 11.5 Å². The monoisotopic (exact) mass is 232 g/mol. The summed E-state index contributed by atoms with van der Waals surface area (Å²) in [6, 6.07) is 11.0. The Kier molecular flexibility index (Phi) is 3.14. The third-order valence-corrected chi connectivity index (χ3v) is 2.42. The molecule has 0 aliphatic rings. The highest BCUT2D eigenvalue weighted by molar-refractivity contribution is 5.93. The number of hydrogen-bond acceptors (Lipinski definition) is 3. The largest absolute Gasteiger partial charge is 0.496 e. The summed E-state index contributed by atoms with van der Waals surface area (Å²) >= 11 is 0. The maximum Gasteiger partial charge on any atom is 0.341 e.